The number of aliphatic hydroxyl groups excluding tert-OH is 1. The molecule has 3 atom stereocenters. The van der Waals surface area contributed by atoms with Crippen molar-refractivity contribution in [2.75, 3.05) is 0 Å². The molecule has 0 spiro atoms. The van der Waals surface area contributed by atoms with E-state index in [1.165, 1.54) is 0 Å². The Balaban J connectivity index is 1.85. The normalized spacial score (nSPS) is 23.8. The third-order valence-electron chi connectivity index (χ3n) is 5.87. The van der Waals surface area contributed by atoms with Gasteiger partial charge in [0.05, 0.1) is 6.10 Å². The Bertz CT molecular complexity index is 582. The van der Waals surface area contributed by atoms with Crippen molar-refractivity contribution in [3.05, 3.63) is 42.3 Å². The number of carbonyl (C=O) groups excluding carboxylic acids is 2. The maximum Gasteiger partial charge on any atom is 0.220 e. The van der Waals surface area contributed by atoms with Crippen LogP contribution in [0.2, 0.25) is 0 Å². The monoisotopic (exact) mass is 359 g/mol. The number of benzene rings is 1. The van der Waals surface area contributed by atoms with Crippen LogP contribution >= 0.6 is 0 Å². The highest BCUT2D eigenvalue weighted by atomic mass is 16.3. The highest BCUT2D eigenvalue weighted by molar-refractivity contribution is 5.77. The number of primary amides is 2. The fourth-order valence-corrected chi connectivity index (χ4v) is 4.06. The van der Waals surface area contributed by atoms with Gasteiger partial charge in [0.1, 0.15) is 0 Å². The smallest absolute Gasteiger partial charge is 0.220 e. The summed E-state index contributed by atoms with van der Waals surface area (Å²) in [5.74, 6) is -0.612. The first-order valence-electron chi connectivity index (χ1n) is 9.52. The molecule has 0 heterocycles. The molecule has 2 rings (SSSR count). The number of hydrogen-bond donors (Lipinski definition) is 3. The van der Waals surface area contributed by atoms with Crippen LogP contribution in [0.15, 0.2) is 30.3 Å². The SMILES string of the molecule is CC(C(N)=O)C1CCC([C@H](C[C@@H](O)[CH]Cc2ccccc2)C(N)=O)CC1. The van der Waals surface area contributed by atoms with Crippen molar-refractivity contribution in [2.24, 2.45) is 35.1 Å². The lowest BCUT2D eigenvalue weighted by molar-refractivity contribution is -0.126. The van der Waals surface area contributed by atoms with Gasteiger partial charge in [-0.3, -0.25) is 9.59 Å². The fraction of sp³-hybridized carbons (Fsp3) is 0.571. The van der Waals surface area contributed by atoms with Gasteiger partial charge in [-0.2, -0.15) is 0 Å². The largest absolute Gasteiger partial charge is 0.393 e. The molecule has 2 amide bonds. The van der Waals surface area contributed by atoms with Crippen molar-refractivity contribution in [2.45, 2.75) is 51.6 Å². The van der Waals surface area contributed by atoms with Crippen molar-refractivity contribution in [1.29, 1.82) is 0 Å². The predicted molar refractivity (Wildman–Crippen MR) is 102 cm³/mol. The maximum absolute atomic E-state index is 12.0. The van der Waals surface area contributed by atoms with E-state index in [4.69, 9.17) is 11.5 Å². The van der Waals surface area contributed by atoms with Gasteiger partial charge in [-0.1, -0.05) is 37.3 Å². The van der Waals surface area contributed by atoms with Crippen LogP contribution in [-0.4, -0.2) is 23.0 Å². The van der Waals surface area contributed by atoms with Crippen molar-refractivity contribution >= 4 is 11.8 Å². The van der Waals surface area contributed by atoms with E-state index in [2.05, 4.69) is 0 Å². The number of aliphatic hydroxyl groups is 1. The van der Waals surface area contributed by atoms with Gasteiger partial charge in [0.25, 0.3) is 0 Å². The minimum absolute atomic E-state index is 0.132. The van der Waals surface area contributed by atoms with Gasteiger partial charge in [0, 0.05) is 11.8 Å². The summed E-state index contributed by atoms with van der Waals surface area (Å²) in [7, 11) is 0. The van der Waals surface area contributed by atoms with E-state index in [9.17, 15) is 14.7 Å². The Morgan fingerprint density at radius 3 is 2.19 bits per heavy atom. The molecule has 0 aromatic heterocycles. The molecule has 5 N–H and O–H groups in total. The third kappa shape index (κ3) is 5.84. The number of rotatable bonds is 9. The summed E-state index contributed by atoms with van der Waals surface area (Å²) >= 11 is 0. The van der Waals surface area contributed by atoms with E-state index in [-0.39, 0.29) is 35.5 Å². The van der Waals surface area contributed by atoms with Gasteiger partial charge in [-0.15, -0.1) is 0 Å². The quantitative estimate of drug-likeness (QED) is 0.629. The number of hydrogen-bond acceptors (Lipinski definition) is 3. The first-order chi connectivity index (χ1) is 12.4. The summed E-state index contributed by atoms with van der Waals surface area (Å²) in [4.78, 5) is 23.3. The fourth-order valence-electron chi connectivity index (χ4n) is 4.06. The molecule has 1 aliphatic rings. The van der Waals surface area contributed by atoms with Gasteiger partial charge in [-0.05, 0) is 62.3 Å². The van der Waals surface area contributed by atoms with E-state index in [0.717, 1.165) is 31.2 Å². The van der Waals surface area contributed by atoms with Crippen LogP contribution in [0.5, 0.6) is 0 Å². The van der Waals surface area contributed by atoms with Crippen molar-refractivity contribution in [3.8, 4) is 0 Å². The molecule has 0 saturated heterocycles. The molecule has 5 heteroatoms. The second-order valence-electron chi connectivity index (χ2n) is 7.60. The zero-order chi connectivity index (χ0) is 19.1. The highest BCUT2D eigenvalue weighted by Crippen LogP contribution is 2.38. The summed E-state index contributed by atoms with van der Waals surface area (Å²) in [6.07, 6.45) is 5.66. The summed E-state index contributed by atoms with van der Waals surface area (Å²) < 4.78 is 0. The van der Waals surface area contributed by atoms with Crippen LogP contribution in [0.25, 0.3) is 0 Å². The van der Waals surface area contributed by atoms with Crippen LogP contribution in [0.1, 0.15) is 44.6 Å². The lowest BCUT2D eigenvalue weighted by Gasteiger charge is -2.35. The Morgan fingerprint density at radius 1 is 1.08 bits per heavy atom. The maximum atomic E-state index is 12.0. The van der Waals surface area contributed by atoms with E-state index >= 15 is 0 Å². The molecule has 0 bridgehead atoms. The first-order valence-corrected chi connectivity index (χ1v) is 9.52. The van der Waals surface area contributed by atoms with Crippen molar-refractivity contribution in [1.82, 2.24) is 0 Å². The Morgan fingerprint density at radius 2 is 1.65 bits per heavy atom. The van der Waals surface area contributed by atoms with Crippen LogP contribution in [0.4, 0.5) is 0 Å². The number of carbonyl (C=O) groups is 2. The van der Waals surface area contributed by atoms with Crippen LogP contribution in [-0.2, 0) is 16.0 Å². The summed E-state index contributed by atoms with van der Waals surface area (Å²) in [6, 6.07) is 9.91. The van der Waals surface area contributed by atoms with E-state index < -0.39 is 6.10 Å². The zero-order valence-electron chi connectivity index (χ0n) is 15.5. The van der Waals surface area contributed by atoms with Gasteiger partial charge < -0.3 is 16.6 Å². The van der Waals surface area contributed by atoms with Crippen molar-refractivity contribution < 1.29 is 14.7 Å². The molecular formula is C21H31N2O3. The van der Waals surface area contributed by atoms with Gasteiger partial charge in [0.2, 0.25) is 11.8 Å². The molecule has 1 saturated carbocycles. The standard InChI is InChI=1S/C21H31N2O3/c1-14(20(22)25)16-8-10-17(11-9-16)19(21(23)26)13-18(24)12-7-15-5-3-2-4-6-15/h2-6,12,14,16-19,24H,7-11,13H2,1H3,(H2,22,25)(H2,23,26)/t14?,16?,17?,18-,19-/m0/s1. The van der Waals surface area contributed by atoms with Gasteiger partial charge in [-0.25, -0.2) is 0 Å². The molecule has 1 aromatic rings. The lowest BCUT2D eigenvalue weighted by atomic mass is 9.70. The minimum Gasteiger partial charge on any atom is -0.393 e. The third-order valence-corrected chi connectivity index (χ3v) is 5.87. The molecule has 5 nitrogen and oxygen atoms in total. The second kappa shape index (κ2) is 9.72. The Kier molecular flexibility index (Phi) is 7.64. The van der Waals surface area contributed by atoms with Crippen LogP contribution in [0, 0.1) is 30.1 Å². The van der Waals surface area contributed by atoms with Crippen LogP contribution < -0.4 is 11.5 Å². The molecule has 0 aliphatic heterocycles. The van der Waals surface area contributed by atoms with Crippen LogP contribution in [0.3, 0.4) is 0 Å². The highest BCUT2D eigenvalue weighted by Gasteiger charge is 2.34. The predicted octanol–water partition coefficient (Wildman–Crippen LogP) is 2.21. The Hall–Kier alpha value is -1.88. The molecule has 1 radical (unpaired) electrons. The molecule has 1 aromatic carbocycles. The first kappa shape index (κ1) is 20.4. The van der Waals surface area contributed by atoms with E-state index in [1.807, 2.05) is 43.7 Å². The summed E-state index contributed by atoms with van der Waals surface area (Å²) in [5.41, 5.74) is 12.2. The Labute approximate surface area is 156 Å². The van der Waals surface area contributed by atoms with E-state index in [1.54, 1.807) is 0 Å². The number of amides is 2. The lowest BCUT2D eigenvalue weighted by Crippen LogP contribution is -2.37. The molecular weight excluding hydrogens is 328 g/mol. The minimum atomic E-state index is -0.657. The molecule has 1 aliphatic carbocycles. The van der Waals surface area contributed by atoms with E-state index in [0.29, 0.717) is 12.8 Å². The van der Waals surface area contributed by atoms with Crippen molar-refractivity contribution in [3.63, 3.8) is 0 Å². The zero-order valence-corrected chi connectivity index (χ0v) is 15.5. The van der Waals surface area contributed by atoms with Gasteiger partial charge in [0.15, 0.2) is 0 Å². The summed E-state index contributed by atoms with van der Waals surface area (Å²) in [6.45, 7) is 1.88. The molecule has 1 fully saturated rings. The summed E-state index contributed by atoms with van der Waals surface area (Å²) in [5, 5.41) is 10.3. The average molecular weight is 359 g/mol. The van der Waals surface area contributed by atoms with Gasteiger partial charge >= 0.3 is 0 Å². The molecule has 1 unspecified atom stereocenters. The second-order valence-corrected chi connectivity index (χ2v) is 7.60. The molecule has 143 valence electrons. The topological polar surface area (TPSA) is 106 Å². The average Bonchev–Trinajstić information content (AvgIpc) is 2.64. The number of nitrogens with two attached hydrogens (primary N) is 2. The molecule has 26 heavy (non-hydrogen) atoms.